The molecule has 41 heavy (non-hydrogen) atoms. The van der Waals surface area contributed by atoms with Crippen LogP contribution in [-0.4, -0.2) is 60.1 Å². The lowest BCUT2D eigenvalue weighted by Gasteiger charge is -2.19. The van der Waals surface area contributed by atoms with Gasteiger partial charge in [0.2, 0.25) is 0 Å². The molecule has 6 rings (SSSR count). The Morgan fingerprint density at radius 3 is 2.59 bits per heavy atom. The molecular formula is C31H33N7O3. The molecule has 10 nitrogen and oxygen atoms in total. The van der Waals surface area contributed by atoms with E-state index in [0.29, 0.717) is 29.7 Å². The van der Waals surface area contributed by atoms with Crippen molar-refractivity contribution in [3.8, 4) is 22.5 Å². The molecule has 0 amide bonds. The molecule has 0 aliphatic carbocycles. The van der Waals surface area contributed by atoms with Crippen LogP contribution in [0.3, 0.4) is 0 Å². The van der Waals surface area contributed by atoms with Crippen LogP contribution in [0.15, 0.2) is 71.5 Å². The van der Waals surface area contributed by atoms with Crippen molar-refractivity contribution in [3.05, 3.63) is 94.0 Å². The molecule has 0 radical (unpaired) electrons. The largest absolute Gasteiger partial charge is 0.394 e. The average Bonchev–Trinajstić information content (AvgIpc) is 3.68. The standard InChI is InChI=1S/C31H33N7O3/c1-3-4-9-29-32-27-15-14-22(28-17-23(19-39)41-37(28)2)16-26(27)31(40)38(29)18-20-10-12-21(13-11-20)24-7-5-6-8-25(24)30-33-35-36-34-30/h5-8,10-16,23,28,39H,3-4,9,17-19H2,1-2H3,(H,33,34,35,36)/t23-,28+/m0/s1. The van der Waals surface area contributed by atoms with Crippen molar-refractivity contribution in [1.82, 2.24) is 35.2 Å². The fourth-order valence-corrected chi connectivity index (χ4v) is 5.57. The number of hydroxylamine groups is 2. The lowest BCUT2D eigenvalue weighted by Crippen LogP contribution is -2.26. The summed E-state index contributed by atoms with van der Waals surface area (Å²) in [7, 11) is 1.86. The number of benzene rings is 3. The van der Waals surface area contributed by atoms with Gasteiger partial charge >= 0.3 is 0 Å². The zero-order valence-electron chi connectivity index (χ0n) is 23.2. The second-order valence-electron chi connectivity index (χ2n) is 10.5. The minimum absolute atomic E-state index is 0.0349. The summed E-state index contributed by atoms with van der Waals surface area (Å²) >= 11 is 0. The van der Waals surface area contributed by atoms with Crippen molar-refractivity contribution >= 4 is 10.9 Å². The van der Waals surface area contributed by atoms with E-state index in [-0.39, 0.29) is 24.3 Å². The molecule has 1 saturated heterocycles. The number of aromatic nitrogens is 6. The number of unbranched alkanes of at least 4 members (excludes halogenated alkanes) is 1. The second-order valence-corrected chi connectivity index (χ2v) is 10.5. The van der Waals surface area contributed by atoms with Gasteiger partial charge < -0.3 is 5.11 Å². The minimum atomic E-state index is -0.241. The summed E-state index contributed by atoms with van der Waals surface area (Å²) in [5.41, 5.74) is 5.62. The summed E-state index contributed by atoms with van der Waals surface area (Å²) in [6.07, 6.45) is 3.12. The molecule has 3 aromatic carbocycles. The smallest absolute Gasteiger partial charge is 0.261 e. The molecule has 3 heterocycles. The second kappa shape index (κ2) is 11.7. The average molecular weight is 552 g/mol. The monoisotopic (exact) mass is 551 g/mol. The van der Waals surface area contributed by atoms with Crippen LogP contribution in [0.2, 0.25) is 0 Å². The van der Waals surface area contributed by atoms with Crippen molar-refractivity contribution < 1.29 is 9.94 Å². The van der Waals surface area contributed by atoms with Crippen molar-refractivity contribution in [2.45, 2.75) is 51.3 Å². The molecule has 0 spiro atoms. The maximum Gasteiger partial charge on any atom is 0.261 e. The molecule has 0 unspecified atom stereocenters. The Morgan fingerprint density at radius 1 is 1.07 bits per heavy atom. The number of tetrazole rings is 1. The Morgan fingerprint density at radius 2 is 1.88 bits per heavy atom. The maximum absolute atomic E-state index is 14.0. The zero-order chi connectivity index (χ0) is 28.3. The molecule has 0 saturated carbocycles. The Hall–Kier alpha value is -4.25. The first-order valence-corrected chi connectivity index (χ1v) is 14.0. The third kappa shape index (κ3) is 5.41. The van der Waals surface area contributed by atoms with E-state index >= 15 is 0 Å². The van der Waals surface area contributed by atoms with Gasteiger partial charge in [0, 0.05) is 19.0 Å². The lowest BCUT2D eigenvalue weighted by molar-refractivity contribution is -0.153. The Kier molecular flexibility index (Phi) is 7.69. The van der Waals surface area contributed by atoms with E-state index in [1.807, 2.05) is 54.1 Å². The van der Waals surface area contributed by atoms with Crippen molar-refractivity contribution in [3.63, 3.8) is 0 Å². The van der Waals surface area contributed by atoms with Crippen molar-refractivity contribution in [2.75, 3.05) is 13.7 Å². The molecule has 0 bridgehead atoms. The number of nitrogens with zero attached hydrogens (tertiary/aromatic N) is 6. The Balaban J connectivity index is 1.34. The van der Waals surface area contributed by atoms with E-state index in [9.17, 15) is 9.90 Å². The van der Waals surface area contributed by atoms with E-state index in [1.54, 1.807) is 5.06 Å². The number of hydrogen-bond acceptors (Lipinski definition) is 8. The first-order valence-electron chi connectivity index (χ1n) is 14.0. The number of aromatic amines is 1. The van der Waals surface area contributed by atoms with Crippen LogP contribution in [0, 0.1) is 0 Å². The number of hydrogen-bond donors (Lipinski definition) is 2. The predicted octanol–water partition coefficient (Wildman–Crippen LogP) is 4.30. The van der Waals surface area contributed by atoms with Gasteiger partial charge in [0.15, 0.2) is 5.82 Å². The van der Waals surface area contributed by atoms with Crippen LogP contribution >= 0.6 is 0 Å². The normalized spacial score (nSPS) is 17.4. The highest BCUT2D eigenvalue weighted by atomic mass is 16.7. The quantitative estimate of drug-likeness (QED) is 0.278. The lowest BCUT2D eigenvalue weighted by atomic mass is 9.98. The van der Waals surface area contributed by atoms with Crippen molar-refractivity contribution in [2.24, 2.45) is 0 Å². The van der Waals surface area contributed by atoms with Gasteiger partial charge in [-0.1, -0.05) is 67.9 Å². The van der Waals surface area contributed by atoms with Gasteiger partial charge in [-0.2, -0.15) is 5.06 Å². The topological polar surface area (TPSA) is 122 Å². The highest BCUT2D eigenvalue weighted by molar-refractivity contribution is 5.80. The van der Waals surface area contributed by atoms with Crippen LogP contribution in [-0.2, 0) is 17.8 Å². The number of aliphatic hydroxyl groups excluding tert-OH is 1. The van der Waals surface area contributed by atoms with Gasteiger partial charge in [0.25, 0.3) is 5.56 Å². The Bertz CT molecular complexity index is 1700. The van der Waals surface area contributed by atoms with Crippen LogP contribution in [0.1, 0.15) is 49.2 Å². The number of aryl methyl sites for hydroxylation is 1. The number of rotatable bonds is 9. The maximum atomic E-state index is 14.0. The fraction of sp³-hybridized carbons (Fsp3) is 0.323. The molecule has 1 aliphatic heterocycles. The zero-order valence-corrected chi connectivity index (χ0v) is 23.2. The van der Waals surface area contributed by atoms with Crippen LogP contribution < -0.4 is 5.56 Å². The van der Waals surface area contributed by atoms with Gasteiger partial charge in [-0.25, -0.2) is 10.1 Å². The molecule has 2 atom stereocenters. The first-order chi connectivity index (χ1) is 20.1. The predicted molar refractivity (Wildman–Crippen MR) is 156 cm³/mol. The summed E-state index contributed by atoms with van der Waals surface area (Å²) in [4.78, 5) is 24.6. The van der Waals surface area contributed by atoms with E-state index in [1.165, 1.54) is 0 Å². The van der Waals surface area contributed by atoms with Crippen LogP contribution in [0.25, 0.3) is 33.4 Å². The molecule has 1 fully saturated rings. The van der Waals surface area contributed by atoms with Crippen LogP contribution in [0.4, 0.5) is 0 Å². The van der Waals surface area contributed by atoms with Gasteiger partial charge in [0.05, 0.1) is 30.1 Å². The summed E-state index contributed by atoms with van der Waals surface area (Å²) < 4.78 is 1.82. The number of H-pyrrole nitrogens is 1. The minimum Gasteiger partial charge on any atom is -0.394 e. The fourth-order valence-electron chi connectivity index (χ4n) is 5.57. The summed E-state index contributed by atoms with van der Waals surface area (Å²) in [6, 6.07) is 22.1. The summed E-state index contributed by atoms with van der Waals surface area (Å²) in [6.45, 7) is 2.53. The number of nitrogens with one attached hydrogen (secondary N) is 1. The molecule has 2 aromatic heterocycles. The van der Waals surface area contributed by atoms with E-state index in [4.69, 9.17) is 9.82 Å². The Labute approximate surface area is 237 Å². The number of fused-ring (bicyclic) bond motifs is 1. The first kappa shape index (κ1) is 26.9. The molecule has 1 aliphatic rings. The highest BCUT2D eigenvalue weighted by Crippen LogP contribution is 2.34. The van der Waals surface area contributed by atoms with Gasteiger partial charge in [-0.05, 0) is 57.7 Å². The third-order valence-electron chi connectivity index (χ3n) is 7.77. The molecule has 210 valence electrons. The van der Waals surface area contributed by atoms with E-state index in [0.717, 1.165) is 52.9 Å². The molecule has 2 N–H and O–H groups in total. The van der Waals surface area contributed by atoms with Crippen LogP contribution in [0.5, 0.6) is 0 Å². The summed E-state index contributed by atoms with van der Waals surface area (Å²) in [5, 5.41) is 26.3. The van der Waals surface area contributed by atoms with Crippen molar-refractivity contribution in [1.29, 1.82) is 0 Å². The van der Waals surface area contributed by atoms with Gasteiger partial charge in [-0.3, -0.25) is 14.2 Å². The van der Waals surface area contributed by atoms with Gasteiger partial charge in [-0.15, -0.1) is 5.10 Å². The summed E-state index contributed by atoms with van der Waals surface area (Å²) in [5.74, 6) is 1.41. The van der Waals surface area contributed by atoms with E-state index in [2.05, 4.69) is 51.8 Å². The third-order valence-corrected chi connectivity index (χ3v) is 7.77. The molecular weight excluding hydrogens is 518 g/mol. The molecule has 5 aromatic rings. The van der Waals surface area contributed by atoms with Gasteiger partial charge in [0.1, 0.15) is 11.9 Å². The highest BCUT2D eigenvalue weighted by Gasteiger charge is 2.32. The SMILES string of the molecule is CCCCc1nc2ccc([C@H]3C[C@@H](CO)ON3C)cc2c(=O)n1Cc1ccc(-c2ccccc2-c2nnn[nH]2)cc1. The number of aliphatic hydroxyl groups is 1. The molecule has 10 heteroatoms. The van der Waals surface area contributed by atoms with E-state index < -0.39 is 0 Å².